The molecule has 0 saturated carbocycles. The lowest BCUT2D eigenvalue weighted by atomic mass is 10.2. The van der Waals surface area contributed by atoms with E-state index in [4.69, 9.17) is 0 Å². The van der Waals surface area contributed by atoms with Crippen molar-refractivity contribution >= 4 is 27.5 Å². The number of nitrogens with one attached hydrogen (secondary N) is 2. The summed E-state index contributed by atoms with van der Waals surface area (Å²) in [5.74, 6) is -0.295. The molecular weight excluding hydrogens is 349 g/mol. The van der Waals surface area contributed by atoms with Crippen LogP contribution in [0, 0.1) is 0 Å². The summed E-state index contributed by atoms with van der Waals surface area (Å²) < 4.78 is 38.2. The van der Waals surface area contributed by atoms with E-state index in [2.05, 4.69) is 26.6 Å². The molecule has 0 aliphatic carbocycles. The van der Waals surface area contributed by atoms with Crippen molar-refractivity contribution in [1.29, 1.82) is 0 Å². The van der Waals surface area contributed by atoms with Gasteiger partial charge in [-0.1, -0.05) is 29.8 Å². The van der Waals surface area contributed by atoms with Crippen molar-refractivity contribution in [2.75, 3.05) is 11.9 Å². The van der Waals surface area contributed by atoms with Crippen LogP contribution in [0.3, 0.4) is 0 Å². The maximum Gasteiger partial charge on any atom is 0.417 e. The third-order valence-corrected chi connectivity index (χ3v) is 3.38. The summed E-state index contributed by atoms with van der Waals surface area (Å²) in [6, 6.07) is 3.98. The van der Waals surface area contributed by atoms with Crippen molar-refractivity contribution < 1.29 is 18.0 Å². The summed E-state index contributed by atoms with van der Waals surface area (Å²) in [5, 5.41) is 5.65. The molecule has 0 unspecified atom stereocenters. The average Bonchev–Trinajstić information content (AvgIpc) is 2.35. The number of amides is 1. The van der Waals surface area contributed by atoms with E-state index in [1.165, 1.54) is 12.1 Å². The second-order valence-corrected chi connectivity index (χ2v) is 5.81. The maximum absolute atomic E-state index is 12.7. The lowest BCUT2D eigenvalue weighted by Gasteiger charge is -2.12. The number of halogens is 4. The van der Waals surface area contributed by atoms with Crippen LogP contribution in [0.2, 0.25) is 0 Å². The van der Waals surface area contributed by atoms with E-state index in [-0.39, 0.29) is 22.5 Å². The smallest absolute Gasteiger partial charge is 0.326 e. The quantitative estimate of drug-likeness (QED) is 0.741. The van der Waals surface area contributed by atoms with E-state index in [9.17, 15) is 18.0 Å². The molecule has 0 fully saturated rings. The molecule has 0 bridgehead atoms. The minimum Gasteiger partial charge on any atom is -0.326 e. The van der Waals surface area contributed by atoms with Gasteiger partial charge in [0, 0.05) is 22.6 Å². The number of alkyl halides is 3. The Morgan fingerprint density at radius 1 is 1.33 bits per heavy atom. The summed E-state index contributed by atoms with van der Waals surface area (Å²) in [6.07, 6.45) is -3.56. The van der Waals surface area contributed by atoms with E-state index in [1.54, 1.807) is 0 Å². The molecule has 118 valence electrons. The maximum atomic E-state index is 12.7. The van der Waals surface area contributed by atoms with Gasteiger partial charge in [-0.2, -0.15) is 13.2 Å². The molecule has 7 heteroatoms. The molecule has 0 aliphatic heterocycles. The second kappa shape index (κ2) is 7.79. The molecule has 3 nitrogen and oxygen atoms in total. The molecule has 21 heavy (non-hydrogen) atoms. The highest BCUT2D eigenvalue weighted by Gasteiger charge is 2.33. The number of benzene rings is 1. The highest BCUT2D eigenvalue weighted by Crippen LogP contribution is 2.36. The summed E-state index contributed by atoms with van der Waals surface area (Å²) in [6.45, 7) is 4.69. The zero-order valence-corrected chi connectivity index (χ0v) is 13.4. The van der Waals surface area contributed by atoms with Crippen LogP contribution in [0.4, 0.5) is 18.9 Å². The highest BCUT2D eigenvalue weighted by atomic mass is 79.9. The Morgan fingerprint density at radius 2 is 2.00 bits per heavy atom. The Balaban J connectivity index is 2.57. The molecule has 0 heterocycles. The summed E-state index contributed by atoms with van der Waals surface area (Å²) >= 11 is 2.86. The van der Waals surface area contributed by atoms with Crippen LogP contribution in [0.25, 0.3) is 0 Å². The molecule has 0 aromatic heterocycles. The summed E-state index contributed by atoms with van der Waals surface area (Å²) in [5.41, 5.74) is -0.658. The van der Waals surface area contributed by atoms with Gasteiger partial charge >= 0.3 is 6.18 Å². The van der Waals surface area contributed by atoms with Crippen LogP contribution >= 0.6 is 15.9 Å². The predicted molar refractivity (Wildman–Crippen MR) is 80.1 cm³/mol. The van der Waals surface area contributed by atoms with Crippen LogP contribution in [-0.2, 0) is 11.0 Å². The molecular formula is C14H18BrF3N2O. The molecule has 1 amide bonds. The van der Waals surface area contributed by atoms with Gasteiger partial charge < -0.3 is 10.6 Å². The van der Waals surface area contributed by atoms with Crippen LogP contribution in [0.15, 0.2) is 22.7 Å². The van der Waals surface area contributed by atoms with E-state index in [1.807, 2.05) is 13.8 Å². The van der Waals surface area contributed by atoms with Gasteiger partial charge in [0.15, 0.2) is 0 Å². The zero-order valence-electron chi connectivity index (χ0n) is 11.9. The van der Waals surface area contributed by atoms with E-state index in [0.29, 0.717) is 19.0 Å². The summed E-state index contributed by atoms with van der Waals surface area (Å²) in [7, 11) is 0. The lowest BCUT2D eigenvalue weighted by Crippen LogP contribution is -2.24. The standard InChI is InChI=1S/C14H18BrF3N2O/c1-9(2)19-7-3-4-13(21)20-10-5-6-12(15)11(8-10)14(16,17)18/h5-6,8-9,19H,3-4,7H2,1-2H3,(H,20,21). The minimum absolute atomic E-state index is 0.0471. The van der Waals surface area contributed by atoms with Gasteiger partial charge in [0.25, 0.3) is 0 Å². The monoisotopic (exact) mass is 366 g/mol. The third kappa shape index (κ3) is 6.48. The number of hydrogen-bond donors (Lipinski definition) is 2. The SMILES string of the molecule is CC(C)NCCCC(=O)Nc1ccc(Br)c(C(F)(F)F)c1. The number of carbonyl (C=O) groups excluding carboxylic acids is 1. The Labute approximate surface area is 130 Å². The largest absolute Gasteiger partial charge is 0.417 e. The van der Waals surface area contributed by atoms with Crippen LogP contribution < -0.4 is 10.6 Å². The van der Waals surface area contributed by atoms with Gasteiger partial charge in [0.05, 0.1) is 5.56 Å². The first kappa shape index (κ1) is 18.0. The van der Waals surface area contributed by atoms with Gasteiger partial charge in [-0.3, -0.25) is 4.79 Å². The number of anilines is 1. The van der Waals surface area contributed by atoms with Gasteiger partial charge in [0.1, 0.15) is 0 Å². The molecule has 2 N–H and O–H groups in total. The Bertz CT molecular complexity index is 490. The fourth-order valence-electron chi connectivity index (χ4n) is 1.68. The van der Waals surface area contributed by atoms with E-state index >= 15 is 0 Å². The first-order valence-electron chi connectivity index (χ1n) is 6.60. The van der Waals surface area contributed by atoms with Crippen molar-refractivity contribution in [1.82, 2.24) is 5.32 Å². The van der Waals surface area contributed by atoms with Gasteiger partial charge in [0.2, 0.25) is 5.91 Å². The van der Waals surface area contributed by atoms with Crippen LogP contribution in [0.5, 0.6) is 0 Å². The summed E-state index contributed by atoms with van der Waals surface area (Å²) in [4.78, 5) is 11.7. The molecule has 0 spiro atoms. The first-order valence-corrected chi connectivity index (χ1v) is 7.39. The molecule has 1 aromatic rings. The van der Waals surface area contributed by atoms with E-state index < -0.39 is 11.7 Å². The van der Waals surface area contributed by atoms with Crippen molar-refractivity contribution in [3.8, 4) is 0 Å². The van der Waals surface area contributed by atoms with Crippen molar-refractivity contribution in [3.05, 3.63) is 28.2 Å². The molecule has 0 atom stereocenters. The normalized spacial score (nSPS) is 11.8. The molecule has 0 radical (unpaired) electrons. The van der Waals surface area contributed by atoms with Gasteiger partial charge in [-0.05, 0) is 31.2 Å². The van der Waals surface area contributed by atoms with E-state index in [0.717, 1.165) is 6.07 Å². The topological polar surface area (TPSA) is 41.1 Å². The molecule has 0 aliphatic rings. The lowest BCUT2D eigenvalue weighted by molar-refractivity contribution is -0.138. The fourth-order valence-corrected chi connectivity index (χ4v) is 2.15. The minimum atomic E-state index is -4.46. The van der Waals surface area contributed by atoms with Crippen LogP contribution in [-0.4, -0.2) is 18.5 Å². The van der Waals surface area contributed by atoms with Crippen molar-refractivity contribution in [3.63, 3.8) is 0 Å². The molecule has 1 aromatic carbocycles. The Hall–Kier alpha value is -1.08. The highest BCUT2D eigenvalue weighted by molar-refractivity contribution is 9.10. The number of rotatable bonds is 6. The number of hydrogen-bond acceptors (Lipinski definition) is 2. The van der Waals surface area contributed by atoms with Gasteiger partial charge in [-0.15, -0.1) is 0 Å². The Kier molecular flexibility index (Phi) is 6.67. The Morgan fingerprint density at radius 3 is 2.57 bits per heavy atom. The predicted octanol–water partition coefficient (Wildman–Crippen LogP) is 4.18. The molecule has 1 rings (SSSR count). The average molecular weight is 367 g/mol. The molecule has 0 saturated heterocycles. The fraction of sp³-hybridized carbons (Fsp3) is 0.500. The number of carbonyl (C=O) groups is 1. The zero-order chi connectivity index (χ0) is 16.0. The third-order valence-electron chi connectivity index (χ3n) is 2.69. The van der Waals surface area contributed by atoms with Gasteiger partial charge in [-0.25, -0.2) is 0 Å². The first-order chi connectivity index (χ1) is 9.70. The van der Waals surface area contributed by atoms with Crippen LogP contribution in [0.1, 0.15) is 32.3 Å². The van der Waals surface area contributed by atoms with Crippen molar-refractivity contribution in [2.24, 2.45) is 0 Å². The second-order valence-electron chi connectivity index (χ2n) is 4.95. The van der Waals surface area contributed by atoms with Crippen molar-refractivity contribution in [2.45, 2.75) is 38.9 Å².